The number of nitrogens with one attached hydrogen (secondary N) is 2. The maximum atomic E-state index is 13.3. The van der Waals surface area contributed by atoms with E-state index in [0.29, 0.717) is 6.54 Å². The molecule has 0 bridgehead atoms. The average Bonchev–Trinajstić information content (AvgIpc) is 2.94. The summed E-state index contributed by atoms with van der Waals surface area (Å²) >= 11 is 4.96. The molecule has 2 N–H and O–H groups in total. The van der Waals surface area contributed by atoms with Crippen LogP contribution in [0.1, 0.15) is 18.1 Å². The lowest BCUT2D eigenvalue weighted by Gasteiger charge is -2.10. The standard InChI is InChI=1S/C15H17BrFN3S.HI/c1-2-18-15(19-8-11-3-4-21-10-11)20-9-12-5-13(16)7-14(17)6-12;/h3-7,10H,2,8-9H2,1H3,(H2,18,19,20);1H. The summed E-state index contributed by atoms with van der Waals surface area (Å²) < 4.78 is 14.1. The van der Waals surface area contributed by atoms with Crippen LogP contribution in [-0.4, -0.2) is 12.5 Å². The average molecular weight is 498 g/mol. The summed E-state index contributed by atoms with van der Waals surface area (Å²) in [5.74, 6) is 0.467. The first-order valence-corrected chi connectivity index (χ1v) is 8.39. The number of hydrogen-bond acceptors (Lipinski definition) is 2. The normalized spacial score (nSPS) is 11.0. The number of halogens is 3. The smallest absolute Gasteiger partial charge is 0.191 e. The van der Waals surface area contributed by atoms with E-state index in [1.165, 1.54) is 17.7 Å². The minimum atomic E-state index is -0.259. The maximum absolute atomic E-state index is 13.3. The lowest BCUT2D eigenvalue weighted by molar-refractivity contribution is 0.624. The molecular weight excluding hydrogens is 480 g/mol. The highest BCUT2D eigenvalue weighted by Crippen LogP contribution is 2.15. The summed E-state index contributed by atoms with van der Waals surface area (Å²) in [6.07, 6.45) is 0. The summed E-state index contributed by atoms with van der Waals surface area (Å²) in [5, 5.41) is 10.6. The molecule has 0 spiro atoms. The van der Waals surface area contributed by atoms with Gasteiger partial charge in [0.1, 0.15) is 5.82 Å². The molecule has 0 aliphatic rings. The molecule has 0 radical (unpaired) electrons. The predicted molar refractivity (Wildman–Crippen MR) is 105 cm³/mol. The van der Waals surface area contributed by atoms with Gasteiger partial charge in [0, 0.05) is 17.6 Å². The molecule has 0 aliphatic carbocycles. The maximum Gasteiger partial charge on any atom is 0.191 e. The van der Waals surface area contributed by atoms with E-state index < -0.39 is 0 Å². The SMILES string of the molecule is CCNC(=NCc1cc(F)cc(Br)c1)NCc1ccsc1.I. The molecule has 0 aliphatic heterocycles. The summed E-state index contributed by atoms with van der Waals surface area (Å²) in [6, 6.07) is 6.88. The number of aliphatic imine (C=N–C) groups is 1. The third-order valence-electron chi connectivity index (χ3n) is 2.73. The lowest BCUT2D eigenvalue weighted by Crippen LogP contribution is -2.36. The van der Waals surface area contributed by atoms with Crippen molar-refractivity contribution in [3.8, 4) is 0 Å². The van der Waals surface area contributed by atoms with Gasteiger partial charge in [0.2, 0.25) is 0 Å². The quantitative estimate of drug-likeness (QED) is 0.362. The van der Waals surface area contributed by atoms with Crippen molar-refractivity contribution in [2.75, 3.05) is 6.54 Å². The van der Waals surface area contributed by atoms with Crippen molar-refractivity contribution in [2.45, 2.75) is 20.0 Å². The zero-order valence-corrected chi connectivity index (χ0v) is 16.8. The highest BCUT2D eigenvalue weighted by atomic mass is 127. The van der Waals surface area contributed by atoms with E-state index >= 15 is 0 Å². The van der Waals surface area contributed by atoms with Crippen LogP contribution in [0.3, 0.4) is 0 Å². The van der Waals surface area contributed by atoms with Crippen LogP contribution in [0.2, 0.25) is 0 Å². The number of hydrogen-bond donors (Lipinski definition) is 2. The molecule has 1 heterocycles. The molecule has 7 heteroatoms. The Bertz CT molecular complexity index is 585. The van der Waals surface area contributed by atoms with Gasteiger partial charge in [0.25, 0.3) is 0 Å². The molecule has 1 aromatic heterocycles. The van der Waals surface area contributed by atoms with Crippen LogP contribution in [0.15, 0.2) is 44.5 Å². The van der Waals surface area contributed by atoms with E-state index in [-0.39, 0.29) is 29.8 Å². The number of thiophene rings is 1. The number of benzene rings is 1. The highest BCUT2D eigenvalue weighted by molar-refractivity contribution is 14.0. The summed E-state index contributed by atoms with van der Waals surface area (Å²) in [6.45, 7) is 3.94. The van der Waals surface area contributed by atoms with Crippen molar-refractivity contribution in [1.29, 1.82) is 0 Å². The van der Waals surface area contributed by atoms with Gasteiger partial charge < -0.3 is 10.6 Å². The molecule has 1 aromatic carbocycles. The molecule has 0 unspecified atom stereocenters. The number of rotatable bonds is 5. The highest BCUT2D eigenvalue weighted by Gasteiger charge is 2.01. The van der Waals surface area contributed by atoms with Crippen molar-refractivity contribution in [1.82, 2.24) is 10.6 Å². The van der Waals surface area contributed by atoms with Crippen molar-refractivity contribution in [3.05, 3.63) is 56.4 Å². The fraction of sp³-hybridized carbons (Fsp3) is 0.267. The van der Waals surface area contributed by atoms with Gasteiger partial charge in [-0.2, -0.15) is 11.3 Å². The summed E-state index contributed by atoms with van der Waals surface area (Å²) in [5.41, 5.74) is 2.05. The van der Waals surface area contributed by atoms with Crippen LogP contribution in [-0.2, 0) is 13.1 Å². The van der Waals surface area contributed by atoms with Gasteiger partial charge in [-0.1, -0.05) is 15.9 Å². The van der Waals surface area contributed by atoms with Crippen molar-refractivity contribution < 1.29 is 4.39 Å². The molecule has 120 valence electrons. The first kappa shape index (κ1) is 19.4. The zero-order valence-electron chi connectivity index (χ0n) is 12.1. The molecular formula is C15H18BrFIN3S. The fourth-order valence-electron chi connectivity index (χ4n) is 1.79. The van der Waals surface area contributed by atoms with E-state index in [0.717, 1.165) is 29.1 Å². The second-order valence-electron chi connectivity index (χ2n) is 4.46. The van der Waals surface area contributed by atoms with E-state index in [1.54, 1.807) is 11.3 Å². The van der Waals surface area contributed by atoms with Crippen LogP contribution < -0.4 is 10.6 Å². The van der Waals surface area contributed by atoms with Crippen molar-refractivity contribution in [3.63, 3.8) is 0 Å². The second kappa shape index (κ2) is 10.2. The first-order chi connectivity index (χ1) is 10.2. The van der Waals surface area contributed by atoms with Gasteiger partial charge in [-0.05, 0) is 53.1 Å². The zero-order chi connectivity index (χ0) is 15.1. The van der Waals surface area contributed by atoms with Crippen LogP contribution in [0, 0.1) is 5.82 Å². The second-order valence-corrected chi connectivity index (χ2v) is 6.15. The first-order valence-electron chi connectivity index (χ1n) is 6.65. The van der Waals surface area contributed by atoms with Crippen molar-refractivity contribution in [2.24, 2.45) is 4.99 Å². The Balaban J connectivity index is 0.00000242. The molecule has 2 rings (SSSR count). The van der Waals surface area contributed by atoms with Crippen LogP contribution in [0.4, 0.5) is 4.39 Å². The largest absolute Gasteiger partial charge is 0.357 e. The third kappa shape index (κ3) is 6.62. The van der Waals surface area contributed by atoms with Crippen LogP contribution in [0.25, 0.3) is 0 Å². The van der Waals surface area contributed by atoms with Gasteiger partial charge >= 0.3 is 0 Å². The van der Waals surface area contributed by atoms with E-state index in [1.807, 2.05) is 18.4 Å². The number of nitrogens with zero attached hydrogens (tertiary/aromatic N) is 1. The Morgan fingerprint density at radius 2 is 2.09 bits per heavy atom. The molecule has 0 amide bonds. The molecule has 22 heavy (non-hydrogen) atoms. The van der Waals surface area contributed by atoms with Crippen molar-refractivity contribution >= 4 is 57.2 Å². The molecule has 3 nitrogen and oxygen atoms in total. The fourth-order valence-corrected chi connectivity index (χ4v) is 2.97. The molecule has 2 aromatic rings. The monoisotopic (exact) mass is 497 g/mol. The Morgan fingerprint density at radius 1 is 1.27 bits per heavy atom. The van der Waals surface area contributed by atoms with E-state index in [4.69, 9.17) is 0 Å². The Hall–Kier alpha value is -0.670. The Kier molecular flexibility index (Phi) is 8.96. The lowest BCUT2D eigenvalue weighted by atomic mass is 10.2. The predicted octanol–water partition coefficient (Wildman–Crippen LogP) is 4.52. The molecule has 0 fully saturated rings. The van der Waals surface area contributed by atoms with Gasteiger partial charge in [-0.3, -0.25) is 0 Å². The minimum absolute atomic E-state index is 0. The Morgan fingerprint density at radius 3 is 2.73 bits per heavy atom. The molecule has 0 saturated carbocycles. The Labute approximate surface area is 159 Å². The molecule has 0 atom stereocenters. The summed E-state index contributed by atoms with van der Waals surface area (Å²) in [4.78, 5) is 4.48. The van der Waals surface area contributed by atoms with Gasteiger partial charge in [0.15, 0.2) is 5.96 Å². The van der Waals surface area contributed by atoms with Gasteiger partial charge in [-0.25, -0.2) is 9.38 Å². The molecule has 0 saturated heterocycles. The van der Waals surface area contributed by atoms with Gasteiger partial charge in [0.05, 0.1) is 6.54 Å². The van der Waals surface area contributed by atoms with Crippen LogP contribution >= 0.6 is 51.2 Å². The number of guanidine groups is 1. The topological polar surface area (TPSA) is 36.4 Å². The third-order valence-corrected chi connectivity index (χ3v) is 3.92. The van der Waals surface area contributed by atoms with E-state index in [2.05, 4.69) is 43.0 Å². The van der Waals surface area contributed by atoms with E-state index in [9.17, 15) is 4.39 Å². The summed E-state index contributed by atoms with van der Waals surface area (Å²) in [7, 11) is 0. The minimum Gasteiger partial charge on any atom is -0.357 e. The van der Waals surface area contributed by atoms with Gasteiger partial charge in [-0.15, -0.1) is 24.0 Å². The van der Waals surface area contributed by atoms with Crippen LogP contribution in [0.5, 0.6) is 0 Å².